The zero-order valence-electron chi connectivity index (χ0n) is 8.69. The number of carbonyl (C=O) groups is 1. The van der Waals surface area contributed by atoms with Crippen LogP contribution in [0.3, 0.4) is 0 Å². The lowest BCUT2D eigenvalue weighted by atomic mass is 10.2. The molecule has 0 unspecified atom stereocenters. The van der Waals surface area contributed by atoms with Gasteiger partial charge in [0.25, 0.3) is 5.91 Å². The predicted molar refractivity (Wildman–Crippen MR) is 57.9 cm³/mol. The van der Waals surface area contributed by atoms with Gasteiger partial charge in [0.15, 0.2) is 0 Å². The van der Waals surface area contributed by atoms with Crippen molar-refractivity contribution in [3.8, 4) is 5.88 Å². The molecule has 0 fully saturated rings. The van der Waals surface area contributed by atoms with E-state index in [-0.39, 0.29) is 5.91 Å². The second-order valence-corrected chi connectivity index (χ2v) is 2.79. The minimum Gasteiger partial charge on any atom is -0.477 e. The van der Waals surface area contributed by atoms with Gasteiger partial charge < -0.3 is 10.1 Å². The fraction of sp³-hybridized carbons (Fsp3) is 0.273. The first kappa shape index (κ1) is 11.2. The molecule has 0 bridgehead atoms. The third-order valence-corrected chi connectivity index (χ3v) is 1.70. The van der Waals surface area contributed by atoms with Gasteiger partial charge in [-0.3, -0.25) is 4.79 Å². The molecule has 15 heavy (non-hydrogen) atoms. The standard InChI is InChI=1S/C11H14N2O2/c1-3-7-12-10(14)9-6-5-8-13-11(9)15-4-2/h3,5-6,8H,1,4,7H2,2H3,(H,12,14). The number of hydrogen-bond acceptors (Lipinski definition) is 3. The van der Waals surface area contributed by atoms with Crippen LogP contribution in [0, 0.1) is 0 Å². The third kappa shape index (κ3) is 3.09. The Hall–Kier alpha value is -1.84. The van der Waals surface area contributed by atoms with Crippen LogP contribution >= 0.6 is 0 Å². The molecule has 1 rings (SSSR count). The van der Waals surface area contributed by atoms with E-state index in [1.807, 2.05) is 6.92 Å². The maximum atomic E-state index is 11.6. The highest BCUT2D eigenvalue weighted by molar-refractivity contribution is 5.96. The van der Waals surface area contributed by atoms with Gasteiger partial charge in [-0.2, -0.15) is 0 Å². The summed E-state index contributed by atoms with van der Waals surface area (Å²) in [7, 11) is 0. The fourth-order valence-electron chi connectivity index (χ4n) is 1.08. The summed E-state index contributed by atoms with van der Waals surface area (Å²) in [6, 6.07) is 3.38. The average Bonchev–Trinajstić information content (AvgIpc) is 2.27. The molecule has 1 heterocycles. The molecule has 0 aliphatic carbocycles. The van der Waals surface area contributed by atoms with E-state index in [2.05, 4.69) is 16.9 Å². The molecular formula is C11H14N2O2. The first-order valence-electron chi connectivity index (χ1n) is 4.76. The van der Waals surface area contributed by atoms with E-state index in [4.69, 9.17) is 4.74 Å². The smallest absolute Gasteiger partial charge is 0.257 e. The lowest BCUT2D eigenvalue weighted by Crippen LogP contribution is -2.24. The number of carbonyl (C=O) groups excluding carboxylic acids is 1. The van der Waals surface area contributed by atoms with Crippen LogP contribution in [0.5, 0.6) is 5.88 Å². The van der Waals surface area contributed by atoms with E-state index in [1.165, 1.54) is 0 Å². The molecule has 0 saturated carbocycles. The summed E-state index contributed by atoms with van der Waals surface area (Å²) < 4.78 is 5.24. The van der Waals surface area contributed by atoms with Crippen molar-refractivity contribution in [2.24, 2.45) is 0 Å². The second-order valence-electron chi connectivity index (χ2n) is 2.79. The van der Waals surface area contributed by atoms with Gasteiger partial charge in [0.1, 0.15) is 5.56 Å². The molecule has 4 nitrogen and oxygen atoms in total. The summed E-state index contributed by atoms with van der Waals surface area (Å²) >= 11 is 0. The quantitative estimate of drug-likeness (QED) is 0.741. The highest BCUT2D eigenvalue weighted by Gasteiger charge is 2.11. The van der Waals surface area contributed by atoms with E-state index in [1.54, 1.807) is 24.4 Å². The van der Waals surface area contributed by atoms with E-state index in [0.717, 1.165) is 0 Å². The summed E-state index contributed by atoms with van der Waals surface area (Å²) in [5.41, 5.74) is 0.446. The van der Waals surface area contributed by atoms with E-state index >= 15 is 0 Å². The van der Waals surface area contributed by atoms with Crippen molar-refractivity contribution in [1.29, 1.82) is 0 Å². The van der Waals surface area contributed by atoms with Crippen LogP contribution < -0.4 is 10.1 Å². The molecular weight excluding hydrogens is 192 g/mol. The predicted octanol–water partition coefficient (Wildman–Crippen LogP) is 1.40. The van der Waals surface area contributed by atoms with Crippen molar-refractivity contribution in [3.05, 3.63) is 36.5 Å². The van der Waals surface area contributed by atoms with Crippen molar-refractivity contribution in [2.75, 3.05) is 13.2 Å². The SMILES string of the molecule is C=CCNC(=O)c1cccnc1OCC. The van der Waals surface area contributed by atoms with E-state index < -0.39 is 0 Å². The lowest BCUT2D eigenvalue weighted by molar-refractivity contribution is 0.0953. The maximum Gasteiger partial charge on any atom is 0.257 e. The van der Waals surface area contributed by atoms with Crippen LogP contribution in [0.1, 0.15) is 17.3 Å². The lowest BCUT2D eigenvalue weighted by Gasteiger charge is -2.07. The number of rotatable bonds is 5. The molecule has 0 radical (unpaired) electrons. The first-order chi connectivity index (χ1) is 7.29. The number of pyridine rings is 1. The molecule has 0 aliphatic rings. The van der Waals surface area contributed by atoms with Gasteiger partial charge in [0.05, 0.1) is 6.61 Å². The van der Waals surface area contributed by atoms with Gasteiger partial charge in [-0.25, -0.2) is 4.98 Å². The average molecular weight is 206 g/mol. The Morgan fingerprint density at radius 3 is 3.20 bits per heavy atom. The molecule has 0 saturated heterocycles. The maximum absolute atomic E-state index is 11.6. The van der Waals surface area contributed by atoms with Gasteiger partial charge >= 0.3 is 0 Å². The molecule has 1 N–H and O–H groups in total. The van der Waals surface area contributed by atoms with E-state index in [9.17, 15) is 4.79 Å². The minimum atomic E-state index is -0.202. The van der Waals surface area contributed by atoms with Gasteiger partial charge in [-0.1, -0.05) is 6.08 Å². The summed E-state index contributed by atoms with van der Waals surface area (Å²) in [5.74, 6) is 0.160. The second kappa shape index (κ2) is 5.80. The number of nitrogens with zero attached hydrogens (tertiary/aromatic N) is 1. The number of nitrogens with one attached hydrogen (secondary N) is 1. The van der Waals surface area contributed by atoms with Crippen LogP contribution in [0.2, 0.25) is 0 Å². The topological polar surface area (TPSA) is 51.2 Å². The highest BCUT2D eigenvalue weighted by Crippen LogP contribution is 2.13. The van der Waals surface area contributed by atoms with Crippen LogP contribution in [0.25, 0.3) is 0 Å². The minimum absolute atomic E-state index is 0.202. The largest absolute Gasteiger partial charge is 0.477 e. The zero-order valence-corrected chi connectivity index (χ0v) is 8.69. The number of ether oxygens (including phenoxy) is 1. The Labute approximate surface area is 89.0 Å². The van der Waals surface area contributed by atoms with Crippen molar-refractivity contribution in [3.63, 3.8) is 0 Å². The molecule has 0 aromatic carbocycles. The molecule has 1 amide bonds. The molecule has 1 aromatic rings. The fourth-order valence-corrected chi connectivity index (χ4v) is 1.08. The monoisotopic (exact) mass is 206 g/mol. The summed E-state index contributed by atoms with van der Waals surface area (Å²) in [6.45, 7) is 6.29. The molecule has 4 heteroatoms. The van der Waals surface area contributed by atoms with Gasteiger partial charge in [0.2, 0.25) is 5.88 Å². The van der Waals surface area contributed by atoms with Crippen LogP contribution in [0.4, 0.5) is 0 Å². The summed E-state index contributed by atoms with van der Waals surface area (Å²) in [6.07, 6.45) is 3.21. The molecule has 80 valence electrons. The Kier molecular flexibility index (Phi) is 4.34. The zero-order chi connectivity index (χ0) is 11.1. The Balaban J connectivity index is 2.81. The van der Waals surface area contributed by atoms with Crippen LogP contribution in [-0.2, 0) is 0 Å². The third-order valence-electron chi connectivity index (χ3n) is 1.70. The highest BCUT2D eigenvalue weighted by atomic mass is 16.5. The van der Waals surface area contributed by atoms with Crippen molar-refractivity contribution in [2.45, 2.75) is 6.92 Å². The first-order valence-corrected chi connectivity index (χ1v) is 4.76. The molecule has 0 atom stereocenters. The summed E-state index contributed by atoms with van der Waals surface area (Å²) in [5, 5.41) is 2.67. The van der Waals surface area contributed by atoms with Crippen molar-refractivity contribution in [1.82, 2.24) is 10.3 Å². The number of hydrogen-bond donors (Lipinski definition) is 1. The molecule has 0 aliphatic heterocycles. The van der Waals surface area contributed by atoms with Gasteiger partial charge in [0, 0.05) is 12.7 Å². The Bertz CT molecular complexity index is 350. The van der Waals surface area contributed by atoms with Crippen LogP contribution in [-0.4, -0.2) is 24.0 Å². The molecule has 1 aromatic heterocycles. The van der Waals surface area contributed by atoms with Crippen molar-refractivity contribution >= 4 is 5.91 Å². The molecule has 0 spiro atoms. The number of amides is 1. The number of aromatic nitrogens is 1. The van der Waals surface area contributed by atoms with E-state index in [0.29, 0.717) is 24.6 Å². The summed E-state index contributed by atoms with van der Waals surface area (Å²) in [4.78, 5) is 15.6. The normalized spacial score (nSPS) is 9.40. The van der Waals surface area contributed by atoms with Gasteiger partial charge in [-0.15, -0.1) is 6.58 Å². The van der Waals surface area contributed by atoms with Gasteiger partial charge in [-0.05, 0) is 19.1 Å². The Morgan fingerprint density at radius 2 is 2.53 bits per heavy atom. The van der Waals surface area contributed by atoms with Crippen LogP contribution in [0.15, 0.2) is 31.0 Å². The van der Waals surface area contributed by atoms with Crippen molar-refractivity contribution < 1.29 is 9.53 Å². The Morgan fingerprint density at radius 1 is 1.73 bits per heavy atom.